The number of ether oxygens (including phenoxy) is 1. The van der Waals surface area contributed by atoms with Crippen LogP contribution < -0.4 is 10.1 Å². The molecular weight excluding hydrogens is 355 g/mol. The van der Waals surface area contributed by atoms with Gasteiger partial charge in [0.25, 0.3) is 5.91 Å². The van der Waals surface area contributed by atoms with Crippen molar-refractivity contribution >= 4 is 12.0 Å². The van der Waals surface area contributed by atoms with Crippen LogP contribution in [0.15, 0.2) is 60.7 Å². The first-order valence-corrected chi connectivity index (χ1v) is 8.96. The van der Waals surface area contributed by atoms with E-state index in [1.54, 1.807) is 36.4 Å². The quantitative estimate of drug-likeness (QED) is 0.416. The third-order valence-corrected chi connectivity index (χ3v) is 3.83. The second-order valence-electron chi connectivity index (χ2n) is 6.58. The first-order chi connectivity index (χ1) is 13.4. The maximum absolute atomic E-state index is 13.3. The number of nitrogens with one attached hydrogen (secondary N) is 1. The maximum atomic E-state index is 13.3. The Labute approximate surface area is 165 Å². The van der Waals surface area contributed by atoms with Crippen LogP contribution in [0.4, 0.5) is 4.39 Å². The summed E-state index contributed by atoms with van der Waals surface area (Å²) in [7, 11) is 0. The molecule has 0 aliphatic heterocycles. The lowest BCUT2D eigenvalue weighted by Crippen LogP contribution is -2.30. The molecule has 0 saturated heterocycles. The summed E-state index contributed by atoms with van der Waals surface area (Å²) in [5, 5.41) is 12.0. The maximum Gasteiger partial charge on any atom is 0.262 e. The normalized spacial score (nSPS) is 11.0. The van der Waals surface area contributed by atoms with Gasteiger partial charge in [0.05, 0.1) is 0 Å². The molecule has 0 heterocycles. The van der Waals surface area contributed by atoms with E-state index in [0.717, 1.165) is 11.1 Å². The third-order valence-electron chi connectivity index (χ3n) is 3.83. The van der Waals surface area contributed by atoms with Gasteiger partial charge in [0.1, 0.15) is 29.8 Å². The molecule has 28 heavy (non-hydrogen) atoms. The molecule has 2 rings (SSSR count). The predicted octanol–water partition coefficient (Wildman–Crippen LogP) is 4.56. The van der Waals surface area contributed by atoms with Crippen molar-refractivity contribution in [2.45, 2.75) is 32.9 Å². The Kier molecular flexibility index (Phi) is 7.53. The molecule has 4 nitrogen and oxygen atoms in total. The Morgan fingerprint density at radius 2 is 2.11 bits per heavy atom. The van der Waals surface area contributed by atoms with Gasteiger partial charge in [-0.25, -0.2) is 4.39 Å². The van der Waals surface area contributed by atoms with Crippen LogP contribution in [0.1, 0.15) is 30.5 Å². The summed E-state index contributed by atoms with van der Waals surface area (Å²) in [4.78, 5) is 12.1. The van der Waals surface area contributed by atoms with E-state index in [-0.39, 0.29) is 24.0 Å². The van der Waals surface area contributed by atoms with Gasteiger partial charge in [0, 0.05) is 6.04 Å². The van der Waals surface area contributed by atoms with Crippen LogP contribution in [0, 0.1) is 17.1 Å². The highest BCUT2D eigenvalue weighted by atomic mass is 19.1. The highest BCUT2D eigenvalue weighted by Gasteiger charge is 2.11. The van der Waals surface area contributed by atoms with Crippen LogP contribution in [0.3, 0.4) is 0 Å². The lowest BCUT2D eigenvalue weighted by Gasteiger charge is -2.12. The topological polar surface area (TPSA) is 62.1 Å². The highest BCUT2D eigenvalue weighted by molar-refractivity contribution is 6.01. The summed E-state index contributed by atoms with van der Waals surface area (Å²) < 4.78 is 19.1. The van der Waals surface area contributed by atoms with E-state index >= 15 is 0 Å². The minimum absolute atomic E-state index is 0.0340. The SMILES string of the molecule is C=CCc1cc(/C=C(/C#N)C(=O)NC(C)C)ccc1OCc1cccc(F)c1. The van der Waals surface area contributed by atoms with Gasteiger partial charge in [0.15, 0.2) is 0 Å². The lowest BCUT2D eigenvalue weighted by molar-refractivity contribution is -0.117. The molecule has 0 saturated carbocycles. The molecule has 0 fully saturated rings. The van der Waals surface area contributed by atoms with E-state index in [4.69, 9.17) is 4.74 Å². The van der Waals surface area contributed by atoms with Crippen LogP contribution >= 0.6 is 0 Å². The number of nitrogens with zero attached hydrogens (tertiary/aromatic N) is 1. The van der Waals surface area contributed by atoms with E-state index < -0.39 is 5.91 Å². The zero-order valence-corrected chi connectivity index (χ0v) is 16.0. The standard InChI is InChI=1S/C23H23FN2O2/c1-4-6-19-11-17(12-20(14-25)23(27)26-16(2)3)9-10-22(19)28-15-18-7-5-8-21(24)13-18/h4-5,7-13,16H,1,6,15H2,2-3H3,(H,26,27)/b20-12-. The average Bonchev–Trinajstić information content (AvgIpc) is 2.65. The van der Waals surface area contributed by atoms with Gasteiger partial charge in [-0.3, -0.25) is 4.79 Å². The molecule has 0 aromatic heterocycles. The number of rotatable bonds is 8. The van der Waals surface area contributed by atoms with Crippen LogP contribution in [0.5, 0.6) is 5.75 Å². The van der Waals surface area contributed by atoms with Crippen molar-refractivity contribution in [3.05, 3.63) is 83.2 Å². The zero-order valence-electron chi connectivity index (χ0n) is 16.0. The van der Waals surface area contributed by atoms with E-state index in [9.17, 15) is 14.4 Å². The Balaban J connectivity index is 2.23. The fourth-order valence-corrected chi connectivity index (χ4v) is 2.59. The summed E-state index contributed by atoms with van der Waals surface area (Å²) in [6, 6.07) is 13.5. The van der Waals surface area contributed by atoms with Crippen LogP contribution in [-0.2, 0) is 17.8 Å². The lowest BCUT2D eigenvalue weighted by atomic mass is 10.0. The van der Waals surface area contributed by atoms with Crippen LogP contribution in [0.2, 0.25) is 0 Å². The molecule has 0 radical (unpaired) electrons. The van der Waals surface area contributed by atoms with Crippen molar-refractivity contribution in [2.75, 3.05) is 0 Å². The predicted molar refractivity (Wildman–Crippen MR) is 108 cm³/mol. The third kappa shape index (κ3) is 6.10. The van der Waals surface area contributed by atoms with Gasteiger partial charge >= 0.3 is 0 Å². The molecule has 2 aromatic carbocycles. The minimum Gasteiger partial charge on any atom is -0.489 e. The highest BCUT2D eigenvalue weighted by Crippen LogP contribution is 2.24. The molecule has 0 aliphatic rings. The number of hydrogen-bond acceptors (Lipinski definition) is 3. The average molecular weight is 378 g/mol. The Morgan fingerprint density at radius 1 is 1.32 bits per heavy atom. The molecule has 1 amide bonds. The summed E-state index contributed by atoms with van der Waals surface area (Å²) >= 11 is 0. The number of benzene rings is 2. The first kappa shape index (κ1) is 20.9. The molecule has 144 valence electrons. The van der Waals surface area contributed by atoms with Crippen molar-refractivity contribution in [1.29, 1.82) is 5.26 Å². The summed E-state index contributed by atoms with van der Waals surface area (Å²) in [6.45, 7) is 7.66. The Bertz CT molecular complexity index is 926. The zero-order chi connectivity index (χ0) is 20.5. The summed E-state index contributed by atoms with van der Waals surface area (Å²) in [5.41, 5.74) is 2.34. The molecular formula is C23H23FN2O2. The van der Waals surface area contributed by atoms with E-state index in [2.05, 4.69) is 11.9 Å². The molecule has 0 atom stereocenters. The van der Waals surface area contributed by atoms with Gasteiger partial charge in [-0.05, 0) is 67.3 Å². The number of amides is 1. The van der Waals surface area contributed by atoms with Crippen molar-refractivity contribution in [3.8, 4) is 11.8 Å². The monoisotopic (exact) mass is 378 g/mol. The molecule has 2 aromatic rings. The van der Waals surface area contributed by atoms with Crippen molar-refractivity contribution < 1.29 is 13.9 Å². The van der Waals surface area contributed by atoms with E-state index in [0.29, 0.717) is 17.7 Å². The van der Waals surface area contributed by atoms with Gasteiger partial charge < -0.3 is 10.1 Å². The molecule has 0 aliphatic carbocycles. The first-order valence-electron chi connectivity index (χ1n) is 8.96. The van der Waals surface area contributed by atoms with Crippen LogP contribution in [-0.4, -0.2) is 11.9 Å². The van der Waals surface area contributed by atoms with Crippen LogP contribution in [0.25, 0.3) is 6.08 Å². The summed E-state index contributed by atoms with van der Waals surface area (Å²) in [6.07, 6.45) is 3.84. The van der Waals surface area contributed by atoms with Crippen molar-refractivity contribution in [2.24, 2.45) is 0 Å². The Hall–Kier alpha value is -3.39. The fourth-order valence-electron chi connectivity index (χ4n) is 2.59. The van der Waals surface area contributed by atoms with Gasteiger partial charge in [-0.2, -0.15) is 5.26 Å². The molecule has 0 unspecified atom stereocenters. The number of nitriles is 1. The second-order valence-corrected chi connectivity index (χ2v) is 6.58. The summed E-state index contributed by atoms with van der Waals surface area (Å²) in [5.74, 6) is -0.0720. The molecule has 5 heteroatoms. The number of hydrogen-bond donors (Lipinski definition) is 1. The van der Waals surface area contributed by atoms with Gasteiger partial charge in [0.2, 0.25) is 0 Å². The Morgan fingerprint density at radius 3 is 2.75 bits per heavy atom. The van der Waals surface area contributed by atoms with E-state index in [1.165, 1.54) is 12.1 Å². The second kappa shape index (κ2) is 10.1. The minimum atomic E-state index is -0.408. The fraction of sp³-hybridized carbons (Fsp3) is 0.217. The molecule has 0 spiro atoms. The van der Waals surface area contributed by atoms with Gasteiger partial charge in [-0.15, -0.1) is 6.58 Å². The number of carbonyl (C=O) groups excluding carboxylic acids is 1. The van der Waals surface area contributed by atoms with Crippen molar-refractivity contribution in [1.82, 2.24) is 5.32 Å². The largest absolute Gasteiger partial charge is 0.489 e. The van der Waals surface area contributed by atoms with E-state index in [1.807, 2.05) is 26.0 Å². The molecule has 1 N–H and O–H groups in total. The number of carbonyl (C=O) groups is 1. The smallest absolute Gasteiger partial charge is 0.262 e. The molecule has 0 bridgehead atoms. The number of allylic oxidation sites excluding steroid dienone is 1. The van der Waals surface area contributed by atoms with Crippen molar-refractivity contribution in [3.63, 3.8) is 0 Å². The van der Waals surface area contributed by atoms with Gasteiger partial charge in [-0.1, -0.05) is 24.3 Å². The number of halogens is 1.